The maximum atomic E-state index is 12.5. The molecule has 0 unspecified atom stereocenters. The number of rotatable bonds is 5. The Kier molecular flexibility index (Phi) is 6.08. The molecule has 5 heteroatoms. The van der Waals surface area contributed by atoms with Crippen LogP contribution >= 0.6 is 0 Å². The van der Waals surface area contributed by atoms with Gasteiger partial charge in [0.1, 0.15) is 0 Å². The lowest BCUT2D eigenvalue weighted by Crippen LogP contribution is -2.42. The molecule has 25 heavy (non-hydrogen) atoms. The van der Waals surface area contributed by atoms with Crippen LogP contribution < -0.4 is 0 Å². The molecule has 2 aliphatic rings. The summed E-state index contributed by atoms with van der Waals surface area (Å²) in [4.78, 5) is 28.9. The number of carbonyl (C=O) groups excluding carboxylic acids is 2. The van der Waals surface area contributed by atoms with Gasteiger partial charge in [-0.15, -0.1) is 0 Å². The van der Waals surface area contributed by atoms with Gasteiger partial charge in [-0.2, -0.15) is 0 Å². The van der Waals surface area contributed by atoms with Crippen molar-refractivity contribution in [3.63, 3.8) is 0 Å². The third kappa shape index (κ3) is 4.82. The van der Waals surface area contributed by atoms with Crippen LogP contribution in [0.15, 0.2) is 30.3 Å². The first-order chi connectivity index (χ1) is 12.1. The largest absolute Gasteiger partial charge is 0.452 e. The third-order valence-corrected chi connectivity index (χ3v) is 5.15. The monoisotopic (exact) mass is 344 g/mol. The summed E-state index contributed by atoms with van der Waals surface area (Å²) < 4.78 is 5.51. The molecule has 2 fully saturated rings. The van der Waals surface area contributed by atoms with Gasteiger partial charge in [0.05, 0.1) is 5.92 Å². The van der Waals surface area contributed by atoms with Crippen molar-refractivity contribution in [1.82, 2.24) is 9.80 Å². The highest BCUT2D eigenvalue weighted by molar-refractivity contribution is 5.84. The molecule has 5 nitrogen and oxygen atoms in total. The number of benzene rings is 1. The van der Waals surface area contributed by atoms with E-state index in [0.29, 0.717) is 6.54 Å². The minimum atomic E-state index is -0.671. The zero-order valence-corrected chi connectivity index (χ0v) is 15.0. The quantitative estimate of drug-likeness (QED) is 0.770. The van der Waals surface area contributed by atoms with Gasteiger partial charge in [-0.1, -0.05) is 30.3 Å². The van der Waals surface area contributed by atoms with Crippen molar-refractivity contribution >= 4 is 11.9 Å². The summed E-state index contributed by atoms with van der Waals surface area (Å²) in [6.45, 7) is 5.83. The van der Waals surface area contributed by atoms with Crippen molar-refractivity contribution in [3.05, 3.63) is 35.9 Å². The normalized spacial score (nSPS) is 22.6. The van der Waals surface area contributed by atoms with Gasteiger partial charge in [0, 0.05) is 26.2 Å². The first kappa shape index (κ1) is 17.9. The lowest BCUT2D eigenvalue weighted by atomic mass is 9.97. The Bertz CT molecular complexity index is 584. The van der Waals surface area contributed by atoms with Crippen LogP contribution in [0.1, 0.15) is 38.2 Å². The van der Waals surface area contributed by atoms with Crippen LogP contribution in [0.3, 0.4) is 0 Å². The number of hydrogen-bond acceptors (Lipinski definition) is 4. The van der Waals surface area contributed by atoms with E-state index in [4.69, 9.17) is 4.74 Å². The fourth-order valence-electron chi connectivity index (χ4n) is 3.75. The van der Waals surface area contributed by atoms with E-state index in [9.17, 15) is 9.59 Å². The maximum absolute atomic E-state index is 12.5. The summed E-state index contributed by atoms with van der Waals surface area (Å²) in [5.74, 6) is -0.410. The van der Waals surface area contributed by atoms with Crippen molar-refractivity contribution in [1.29, 1.82) is 0 Å². The van der Waals surface area contributed by atoms with Gasteiger partial charge in [-0.25, -0.2) is 0 Å². The molecule has 3 rings (SSSR count). The molecule has 2 saturated heterocycles. The molecule has 136 valence electrons. The predicted octanol–water partition coefficient (Wildman–Crippen LogP) is 2.45. The number of piperidine rings is 1. The van der Waals surface area contributed by atoms with E-state index in [1.54, 1.807) is 11.8 Å². The molecule has 2 heterocycles. The lowest BCUT2D eigenvalue weighted by molar-refractivity contribution is -0.163. The third-order valence-electron chi connectivity index (χ3n) is 5.15. The van der Waals surface area contributed by atoms with E-state index < -0.39 is 6.10 Å². The Morgan fingerprint density at radius 2 is 1.84 bits per heavy atom. The summed E-state index contributed by atoms with van der Waals surface area (Å²) in [6.07, 6.45) is 3.25. The van der Waals surface area contributed by atoms with Crippen LogP contribution in [-0.2, 0) is 20.9 Å². The molecule has 1 amide bonds. The van der Waals surface area contributed by atoms with Gasteiger partial charge in [0.2, 0.25) is 0 Å². The van der Waals surface area contributed by atoms with Crippen LogP contribution in [0.25, 0.3) is 0 Å². The lowest BCUT2D eigenvalue weighted by Gasteiger charge is -2.32. The second-order valence-corrected chi connectivity index (χ2v) is 7.17. The number of esters is 1. The number of nitrogens with zero attached hydrogens (tertiary/aromatic N) is 2. The molecule has 2 atom stereocenters. The van der Waals surface area contributed by atoms with Gasteiger partial charge in [-0.05, 0) is 44.7 Å². The van der Waals surface area contributed by atoms with Gasteiger partial charge >= 0.3 is 5.97 Å². The predicted molar refractivity (Wildman–Crippen MR) is 95.8 cm³/mol. The second-order valence-electron chi connectivity index (χ2n) is 7.17. The van der Waals surface area contributed by atoms with Crippen LogP contribution in [0.4, 0.5) is 0 Å². The van der Waals surface area contributed by atoms with Gasteiger partial charge in [0.25, 0.3) is 5.91 Å². The maximum Gasteiger partial charge on any atom is 0.311 e. The van der Waals surface area contributed by atoms with Crippen molar-refractivity contribution in [2.24, 2.45) is 5.92 Å². The molecular weight excluding hydrogens is 316 g/mol. The topological polar surface area (TPSA) is 49.9 Å². The second kappa shape index (κ2) is 8.48. The fourth-order valence-corrected chi connectivity index (χ4v) is 3.75. The number of ether oxygens (including phenoxy) is 1. The summed E-state index contributed by atoms with van der Waals surface area (Å²) in [7, 11) is 0. The number of hydrogen-bond donors (Lipinski definition) is 0. The molecule has 2 aliphatic heterocycles. The molecule has 1 aromatic rings. The number of likely N-dealkylation sites (tertiary alicyclic amines) is 2. The molecular formula is C20H28N2O3. The summed E-state index contributed by atoms with van der Waals surface area (Å²) in [5, 5.41) is 0. The molecule has 0 aromatic heterocycles. The van der Waals surface area contributed by atoms with Crippen molar-refractivity contribution < 1.29 is 14.3 Å². The zero-order valence-electron chi connectivity index (χ0n) is 15.0. The highest BCUT2D eigenvalue weighted by Gasteiger charge is 2.31. The minimum Gasteiger partial charge on any atom is -0.452 e. The Morgan fingerprint density at radius 1 is 1.12 bits per heavy atom. The SMILES string of the molecule is C[C@H](OC(=O)[C@H]1CCCN(Cc2ccccc2)C1)C(=O)N1CCCC1. The fraction of sp³-hybridized carbons (Fsp3) is 0.600. The summed E-state index contributed by atoms with van der Waals surface area (Å²) >= 11 is 0. The van der Waals surface area contributed by atoms with E-state index in [2.05, 4.69) is 17.0 Å². The number of carbonyl (C=O) groups is 2. The molecule has 0 spiro atoms. The van der Waals surface area contributed by atoms with Crippen LogP contribution in [0, 0.1) is 5.92 Å². The van der Waals surface area contributed by atoms with Crippen LogP contribution in [0.2, 0.25) is 0 Å². The Hall–Kier alpha value is -1.88. The van der Waals surface area contributed by atoms with Gasteiger partial charge in [0.15, 0.2) is 6.10 Å². The van der Waals surface area contributed by atoms with E-state index in [1.165, 1.54) is 5.56 Å². The van der Waals surface area contributed by atoms with E-state index >= 15 is 0 Å². The first-order valence-electron chi connectivity index (χ1n) is 9.39. The Morgan fingerprint density at radius 3 is 2.56 bits per heavy atom. The Labute approximate surface area is 149 Å². The smallest absolute Gasteiger partial charge is 0.311 e. The molecule has 0 bridgehead atoms. The van der Waals surface area contributed by atoms with Crippen molar-refractivity contribution in [3.8, 4) is 0 Å². The van der Waals surface area contributed by atoms with E-state index in [-0.39, 0.29) is 17.8 Å². The number of amides is 1. The Balaban J connectivity index is 1.50. The van der Waals surface area contributed by atoms with Crippen molar-refractivity contribution in [2.45, 2.75) is 45.3 Å². The molecule has 0 radical (unpaired) electrons. The molecule has 1 aromatic carbocycles. The molecule has 0 aliphatic carbocycles. The average molecular weight is 344 g/mol. The van der Waals surface area contributed by atoms with Crippen LogP contribution in [-0.4, -0.2) is 54.0 Å². The van der Waals surface area contributed by atoms with Gasteiger partial charge in [-0.3, -0.25) is 14.5 Å². The van der Waals surface area contributed by atoms with Gasteiger partial charge < -0.3 is 9.64 Å². The summed E-state index contributed by atoms with van der Waals surface area (Å²) in [6, 6.07) is 10.3. The highest BCUT2D eigenvalue weighted by Crippen LogP contribution is 2.21. The summed E-state index contributed by atoms with van der Waals surface area (Å²) in [5.41, 5.74) is 1.26. The highest BCUT2D eigenvalue weighted by atomic mass is 16.5. The van der Waals surface area contributed by atoms with E-state index in [1.807, 2.05) is 18.2 Å². The standard InChI is InChI=1S/C20H28N2O3/c1-16(19(23)22-12-5-6-13-22)25-20(24)18-10-7-11-21(15-18)14-17-8-3-2-4-9-17/h2-4,8-9,16,18H,5-7,10-15H2,1H3/t16-,18-/m0/s1. The minimum absolute atomic E-state index is 0.0530. The first-order valence-corrected chi connectivity index (χ1v) is 9.39. The van der Waals surface area contributed by atoms with Crippen LogP contribution in [0.5, 0.6) is 0 Å². The zero-order chi connectivity index (χ0) is 17.6. The molecule has 0 saturated carbocycles. The van der Waals surface area contributed by atoms with E-state index in [0.717, 1.165) is 51.9 Å². The van der Waals surface area contributed by atoms with Crippen molar-refractivity contribution in [2.75, 3.05) is 26.2 Å². The average Bonchev–Trinajstić information content (AvgIpc) is 3.16. The molecule has 0 N–H and O–H groups in total.